The maximum absolute atomic E-state index is 13.4. The Morgan fingerprint density at radius 1 is 1.28 bits per heavy atom. The Balaban J connectivity index is 1.56. The van der Waals surface area contributed by atoms with E-state index >= 15 is 0 Å². The molecule has 0 unspecified atom stereocenters. The Hall–Kier alpha value is -2.29. The van der Waals surface area contributed by atoms with Crippen LogP contribution in [0.5, 0.6) is 0 Å². The van der Waals surface area contributed by atoms with Crippen molar-refractivity contribution in [2.24, 2.45) is 0 Å². The Labute approximate surface area is 174 Å². The first kappa shape index (κ1) is 20.0. The number of anilines is 1. The molecule has 0 saturated carbocycles. The number of hydrogen-bond donors (Lipinski definition) is 0. The quantitative estimate of drug-likeness (QED) is 0.595. The highest BCUT2D eigenvalue weighted by Crippen LogP contribution is 2.29. The number of nitrogens with zero attached hydrogens (tertiary/aromatic N) is 5. The molecule has 0 radical (unpaired) electrons. The van der Waals surface area contributed by atoms with Gasteiger partial charge in [0.2, 0.25) is 0 Å². The number of carbonyl (C=O) groups is 1. The molecule has 154 valence electrons. The number of fused-ring (bicyclic) bond motifs is 1. The second-order valence-electron chi connectivity index (χ2n) is 7.22. The monoisotopic (exact) mass is 413 g/mol. The largest absolute Gasteiger partial charge is 0.379 e. The zero-order valence-electron chi connectivity index (χ0n) is 17.0. The fourth-order valence-corrected chi connectivity index (χ4v) is 4.60. The van der Waals surface area contributed by atoms with Gasteiger partial charge >= 0.3 is 0 Å². The average Bonchev–Trinajstić information content (AvgIpc) is 3.34. The van der Waals surface area contributed by atoms with Gasteiger partial charge in [0.15, 0.2) is 10.8 Å². The van der Waals surface area contributed by atoms with Gasteiger partial charge in [-0.2, -0.15) is 5.10 Å². The first-order valence-corrected chi connectivity index (χ1v) is 11.0. The first-order valence-electron chi connectivity index (χ1n) is 10.2. The Kier molecular flexibility index (Phi) is 6.22. The van der Waals surface area contributed by atoms with E-state index in [9.17, 15) is 4.79 Å². The van der Waals surface area contributed by atoms with E-state index in [0.717, 1.165) is 66.9 Å². The number of carbonyl (C=O) groups excluding carboxylic acids is 1. The molecule has 0 atom stereocenters. The number of thiazole rings is 1. The van der Waals surface area contributed by atoms with Gasteiger partial charge in [-0.3, -0.25) is 19.3 Å². The average molecular weight is 414 g/mol. The molecule has 1 saturated heterocycles. The highest BCUT2D eigenvalue weighted by molar-refractivity contribution is 7.22. The highest BCUT2D eigenvalue weighted by atomic mass is 32.1. The first-order chi connectivity index (χ1) is 14.2. The molecular formula is C21H27N5O2S. The van der Waals surface area contributed by atoms with Gasteiger partial charge in [-0.05, 0) is 38.5 Å². The third-order valence-corrected chi connectivity index (χ3v) is 6.28. The zero-order valence-corrected chi connectivity index (χ0v) is 17.8. The molecule has 3 aromatic rings. The predicted octanol–water partition coefficient (Wildman–Crippen LogP) is 3.19. The van der Waals surface area contributed by atoms with Crippen LogP contribution in [-0.4, -0.2) is 65.0 Å². The summed E-state index contributed by atoms with van der Waals surface area (Å²) in [5.41, 5.74) is 2.40. The van der Waals surface area contributed by atoms with E-state index in [4.69, 9.17) is 9.72 Å². The normalized spacial score (nSPS) is 15.1. The van der Waals surface area contributed by atoms with Crippen LogP contribution in [0.1, 0.15) is 29.5 Å². The molecule has 1 aliphatic rings. The van der Waals surface area contributed by atoms with Gasteiger partial charge in [0, 0.05) is 38.4 Å². The number of amides is 1. The zero-order chi connectivity index (χ0) is 20.2. The number of aryl methyl sites for hydroxylation is 2. The van der Waals surface area contributed by atoms with E-state index in [0.29, 0.717) is 12.2 Å². The van der Waals surface area contributed by atoms with Crippen LogP contribution in [0.3, 0.4) is 0 Å². The number of para-hydroxylation sites is 1. The summed E-state index contributed by atoms with van der Waals surface area (Å²) < 4.78 is 8.37. The summed E-state index contributed by atoms with van der Waals surface area (Å²) in [6.45, 7) is 9.80. The van der Waals surface area contributed by atoms with Crippen molar-refractivity contribution in [3.8, 4) is 0 Å². The van der Waals surface area contributed by atoms with Gasteiger partial charge in [-0.25, -0.2) is 4.98 Å². The van der Waals surface area contributed by atoms with Crippen LogP contribution in [0.15, 0.2) is 30.3 Å². The molecule has 8 heteroatoms. The second-order valence-corrected chi connectivity index (χ2v) is 8.22. The van der Waals surface area contributed by atoms with Crippen molar-refractivity contribution in [1.82, 2.24) is 19.7 Å². The third-order valence-electron chi connectivity index (χ3n) is 5.22. The summed E-state index contributed by atoms with van der Waals surface area (Å²) in [6, 6.07) is 9.88. The van der Waals surface area contributed by atoms with Crippen molar-refractivity contribution in [2.45, 2.75) is 26.8 Å². The number of benzene rings is 1. The smallest absolute Gasteiger partial charge is 0.280 e. The number of hydrogen-bond acceptors (Lipinski definition) is 6. The molecule has 29 heavy (non-hydrogen) atoms. The number of aromatic nitrogens is 3. The lowest BCUT2D eigenvalue weighted by molar-refractivity contribution is 0.0376. The third kappa shape index (κ3) is 4.49. The van der Waals surface area contributed by atoms with Crippen LogP contribution in [0.25, 0.3) is 10.2 Å². The second kappa shape index (κ2) is 9.02. The van der Waals surface area contributed by atoms with Crippen LogP contribution in [0.2, 0.25) is 0 Å². The molecule has 4 rings (SSSR count). The van der Waals surface area contributed by atoms with Crippen LogP contribution in [0, 0.1) is 6.92 Å². The summed E-state index contributed by atoms with van der Waals surface area (Å²) >= 11 is 1.56. The lowest BCUT2D eigenvalue weighted by Crippen LogP contribution is -2.39. The minimum Gasteiger partial charge on any atom is -0.379 e. The molecule has 1 amide bonds. The molecule has 7 nitrogen and oxygen atoms in total. The van der Waals surface area contributed by atoms with Crippen LogP contribution in [-0.2, 0) is 11.3 Å². The SMILES string of the molecule is CCn1nc(C(=O)N(CCCN2CCOCC2)c2nc3ccccc3s2)cc1C. The molecule has 1 fully saturated rings. The summed E-state index contributed by atoms with van der Waals surface area (Å²) in [7, 11) is 0. The van der Waals surface area contributed by atoms with E-state index in [1.54, 1.807) is 16.2 Å². The molecule has 1 aromatic carbocycles. The van der Waals surface area contributed by atoms with Crippen molar-refractivity contribution in [3.05, 3.63) is 41.7 Å². The fraction of sp³-hybridized carbons (Fsp3) is 0.476. The van der Waals surface area contributed by atoms with E-state index in [1.165, 1.54) is 0 Å². The lowest BCUT2D eigenvalue weighted by Gasteiger charge is -2.27. The molecular weight excluding hydrogens is 386 g/mol. The van der Waals surface area contributed by atoms with Gasteiger partial charge < -0.3 is 4.74 Å². The molecule has 0 bridgehead atoms. The fourth-order valence-electron chi connectivity index (χ4n) is 3.61. The van der Waals surface area contributed by atoms with E-state index in [1.807, 2.05) is 48.9 Å². The van der Waals surface area contributed by atoms with Crippen LogP contribution < -0.4 is 4.90 Å². The molecule has 1 aliphatic heterocycles. The topological polar surface area (TPSA) is 63.5 Å². The predicted molar refractivity (Wildman–Crippen MR) is 116 cm³/mol. The van der Waals surface area contributed by atoms with Crippen LogP contribution in [0.4, 0.5) is 5.13 Å². The van der Waals surface area contributed by atoms with Crippen molar-refractivity contribution in [3.63, 3.8) is 0 Å². The number of morpholine rings is 1. The minimum atomic E-state index is -0.0821. The lowest BCUT2D eigenvalue weighted by atomic mass is 10.3. The summed E-state index contributed by atoms with van der Waals surface area (Å²) in [4.78, 5) is 22.3. The van der Waals surface area contributed by atoms with Crippen molar-refractivity contribution in [2.75, 3.05) is 44.3 Å². The standard InChI is InChI=1S/C21H27N5O2S/c1-3-26-16(2)15-18(23-26)20(27)25(10-6-9-24-11-13-28-14-12-24)21-22-17-7-4-5-8-19(17)29-21/h4-5,7-8,15H,3,6,9-14H2,1-2H3. The van der Waals surface area contributed by atoms with Crippen molar-refractivity contribution in [1.29, 1.82) is 0 Å². The molecule has 3 heterocycles. The van der Waals surface area contributed by atoms with Gasteiger partial charge in [-0.1, -0.05) is 23.5 Å². The van der Waals surface area contributed by atoms with Crippen LogP contribution >= 0.6 is 11.3 Å². The molecule has 0 N–H and O–H groups in total. The maximum atomic E-state index is 13.4. The van der Waals surface area contributed by atoms with Gasteiger partial charge in [0.1, 0.15) is 0 Å². The highest BCUT2D eigenvalue weighted by Gasteiger charge is 2.24. The van der Waals surface area contributed by atoms with E-state index in [-0.39, 0.29) is 5.91 Å². The Morgan fingerprint density at radius 3 is 2.79 bits per heavy atom. The van der Waals surface area contributed by atoms with E-state index < -0.39 is 0 Å². The summed E-state index contributed by atoms with van der Waals surface area (Å²) in [6.07, 6.45) is 0.884. The molecule has 0 spiro atoms. The summed E-state index contributed by atoms with van der Waals surface area (Å²) in [5.74, 6) is -0.0821. The maximum Gasteiger partial charge on any atom is 0.280 e. The van der Waals surface area contributed by atoms with Gasteiger partial charge in [0.05, 0.1) is 23.4 Å². The number of rotatable bonds is 7. The number of ether oxygens (including phenoxy) is 1. The Bertz CT molecular complexity index is 944. The van der Waals surface area contributed by atoms with Gasteiger partial charge in [-0.15, -0.1) is 0 Å². The molecule has 0 aliphatic carbocycles. The van der Waals surface area contributed by atoms with Crippen molar-refractivity contribution >= 4 is 32.6 Å². The van der Waals surface area contributed by atoms with E-state index in [2.05, 4.69) is 10.00 Å². The minimum absolute atomic E-state index is 0.0821. The molecule has 2 aromatic heterocycles. The van der Waals surface area contributed by atoms with Gasteiger partial charge in [0.25, 0.3) is 5.91 Å². The van der Waals surface area contributed by atoms with Crippen molar-refractivity contribution < 1.29 is 9.53 Å². The Morgan fingerprint density at radius 2 is 2.07 bits per heavy atom. The summed E-state index contributed by atoms with van der Waals surface area (Å²) in [5, 5.41) is 5.24.